The lowest BCUT2D eigenvalue weighted by Crippen LogP contribution is -2.52. The van der Waals surface area contributed by atoms with E-state index in [-0.39, 0.29) is 11.6 Å². The second-order valence-corrected chi connectivity index (χ2v) is 5.92. The first-order valence-corrected chi connectivity index (χ1v) is 6.75. The van der Waals surface area contributed by atoms with Crippen LogP contribution in [0, 0.1) is 17.8 Å². The van der Waals surface area contributed by atoms with E-state index >= 15 is 0 Å². The predicted molar refractivity (Wildman–Crippen MR) is 69.3 cm³/mol. The quantitative estimate of drug-likeness (QED) is 0.800. The van der Waals surface area contributed by atoms with Crippen molar-refractivity contribution in [2.24, 2.45) is 23.5 Å². The standard InChI is InChI=1S/C14H29NO/c1-6-14(4,16-5)13(15)12-8-7-10(2)11(3)9-12/h10-13H,6-9,15H2,1-5H3. The molecule has 0 bridgehead atoms. The molecule has 5 atom stereocenters. The van der Waals surface area contributed by atoms with Gasteiger partial charge in [-0.3, -0.25) is 0 Å². The van der Waals surface area contributed by atoms with Gasteiger partial charge in [-0.25, -0.2) is 0 Å². The molecule has 1 rings (SSSR count). The molecule has 2 heteroatoms. The SMILES string of the molecule is CCC(C)(OC)C(N)C1CCC(C)C(C)C1. The Morgan fingerprint density at radius 3 is 2.38 bits per heavy atom. The fourth-order valence-corrected chi connectivity index (χ4v) is 2.93. The number of ether oxygens (including phenoxy) is 1. The maximum Gasteiger partial charge on any atom is 0.0800 e. The fourth-order valence-electron chi connectivity index (χ4n) is 2.93. The van der Waals surface area contributed by atoms with Crippen molar-refractivity contribution in [3.05, 3.63) is 0 Å². The summed E-state index contributed by atoms with van der Waals surface area (Å²) in [6.45, 7) is 9.04. The molecule has 2 nitrogen and oxygen atoms in total. The molecule has 0 radical (unpaired) electrons. The molecule has 5 unspecified atom stereocenters. The lowest BCUT2D eigenvalue weighted by atomic mass is 9.70. The highest BCUT2D eigenvalue weighted by Crippen LogP contribution is 2.38. The minimum absolute atomic E-state index is 0.148. The third-order valence-electron chi connectivity index (χ3n) is 5.02. The van der Waals surface area contributed by atoms with Gasteiger partial charge in [0.25, 0.3) is 0 Å². The number of nitrogens with two attached hydrogens (primary N) is 1. The van der Waals surface area contributed by atoms with Crippen molar-refractivity contribution >= 4 is 0 Å². The van der Waals surface area contributed by atoms with Crippen molar-refractivity contribution in [2.45, 2.75) is 65.0 Å². The Bertz CT molecular complexity index is 213. The van der Waals surface area contributed by atoms with E-state index in [4.69, 9.17) is 10.5 Å². The van der Waals surface area contributed by atoms with Crippen LogP contribution in [-0.4, -0.2) is 18.8 Å². The van der Waals surface area contributed by atoms with Crippen LogP contribution in [0.5, 0.6) is 0 Å². The smallest absolute Gasteiger partial charge is 0.0800 e. The summed E-state index contributed by atoms with van der Waals surface area (Å²) in [5.74, 6) is 2.30. The molecule has 96 valence electrons. The third kappa shape index (κ3) is 2.78. The van der Waals surface area contributed by atoms with Gasteiger partial charge in [0.05, 0.1) is 5.60 Å². The Kier molecular flexibility index (Phi) is 4.81. The fraction of sp³-hybridized carbons (Fsp3) is 1.00. The average molecular weight is 227 g/mol. The molecule has 16 heavy (non-hydrogen) atoms. The van der Waals surface area contributed by atoms with Gasteiger partial charge in [-0.2, -0.15) is 0 Å². The highest BCUT2D eigenvalue weighted by Gasteiger charge is 2.38. The lowest BCUT2D eigenvalue weighted by Gasteiger charge is -2.42. The summed E-state index contributed by atoms with van der Waals surface area (Å²) in [7, 11) is 1.79. The molecular formula is C14H29NO. The maximum absolute atomic E-state index is 6.43. The summed E-state index contributed by atoms with van der Waals surface area (Å²) in [6.07, 6.45) is 4.85. The molecule has 1 fully saturated rings. The van der Waals surface area contributed by atoms with Crippen molar-refractivity contribution in [1.29, 1.82) is 0 Å². The summed E-state index contributed by atoms with van der Waals surface area (Å²) in [4.78, 5) is 0. The third-order valence-corrected chi connectivity index (χ3v) is 5.02. The Morgan fingerprint density at radius 2 is 1.94 bits per heavy atom. The molecule has 1 aliphatic rings. The van der Waals surface area contributed by atoms with Crippen LogP contribution in [0.2, 0.25) is 0 Å². The van der Waals surface area contributed by atoms with E-state index in [0.29, 0.717) is 5.92 Å². The second-order valence-electron chi connectivity index (χ2n) is 5.92. The van der Waals surface area contributed by atoms with Gasteiger partial charge in [0.2, 0.25) is 0 Å². The van der Waals surface area contributed by atoms with Crippen LogP contribution in [0.25, 0.3) is 0 Å². The molecule has 1 saturated carbocycles. The Balaban J connectivity index is 2.64. The molecule has 0 saturated heterocycles. The maximum atomic E-state index is 6.43. The predicted octanol–water partition coefficient (Wildman–Crippen LogP) is 3.20. The van der Waals surface area contributed by atoms with Crippen molar-refractivity contribution in [3.8, 4) is 0 Å². The van der Waals surface area contributed by atoms with Crippen LogP contribution in [0.1, 0.15) is 53.4 Å². The van der Waals surface area contributed by atoms with Crippen molar-refractivity contribution < 1.29 is 4.74 Å². The van der Waals surface area contributed by atoms with Crippen molar-refractivity contribution in [1.82, 2.24) is 0 Å². The number of hydrogen-bond donors (Lipinski definition) is 1. The Morgan fingerprint density at radius 1 is 1.31 bits per heavy atom. The first-order chi connectivity index (χ1) is 7.44. The van der Waals surface area contributed by atoms with E-state index < -0.39 is 0 Å². The molecule has 0 aliphatic heterocycles. The molecule has 0 aromatic rings. The van der Waals surface area contributed by atoms with Crippen LogP contribution in [0.15, 0.2) is 0 Å². The van der Waals surface area contributed by atoms with Gasteiger partial charge in [0, 0.05) is 13.2 Å². The van der Waals surface area contributed by atoms with Crippen LogP contribution in [-0.2, 0) is 4.74 Å². The zero-order valence-electron chi connectivity index (χ0n) is 11.6. The van der Waals surface area contributed by atoms with Gasteiger partial charge in [-0.1, -0.05) is 27.2 Å². The van der Waals surface area contributed by atoms with E-state index in [2.05, 4.69) is 27.7 Å². The summed E-state index contributed by atoms with van der Waals surface area (Å²) in [5.41, 5.74) is 6.28. The van der Waals surface area contributed by atoms with Gasteiger partial charge in [0.1, 0.15) is 0 Å². The van der Waals surface area contributed by atoms with Gasteiger partial charge >= 0.3 is 0 Å². The highest BCUT2D eigenvalue weighted by molar-refractivity contribution is 4.93. The largest absolute Gasteiger partial charge is 0.377 e. The number of methoxy groups -OCH3 is 1. The topological polar surface area (TPSA) is 35.2 Å². The molecule has 0 spiro atoms. The van der Waals surface area contributed by atoms with E-state index in [1.807, 2.05) is 0 Å². The van der Waals surface area contributed by atoms with Crippen LogP contribution < -0.4 is 5.73 Å². The zero-order valence-corrected chi connectivity index (χ0v) is 11.6. The highest BCUT2D eigenvalue weighted by atomic mass is 16.5. The molecule has 0 heterocycles. The molecule has 0 amide bonds. The van der Waals surface area contributed by atoms with E-state index in [0.717, 1.165) is 18.3 Å². The van der Waals surface area contributed by atoms with Crippen molar-refractivity contribution in [3.63, 3.8) is 0 Å². The van der Waals surface area contributed by atoms with Gasteiger partial charge in [-0.05, 0) is 43.9 Å². The minimum Gasteiger partial charge on any atom is -0.377 e. The second kappa shape index (κ2) is 5.50. The number of rotatable bonds is 4. The lowest BCUT2D eigenvalue weighted by molar-refractivity contribution is -0.0429. The minimum atomic E-state index is -0.148. The van der Waals surface area contributed by atoms with Crippen molar-refractivity contribution in [2.75, 3.05) is 7.11 Å². The van der Waals surface area contributed by atoms with Crippen LogP contribution >= 0.6 is 0 Å². The number of hydrogen-bond acceptors (Lipinski definition) is 2. The monoisotopic (exact) mass is 227 g/mol. The summed E-state index contributed by atoms with van der Waals surface area (Å²) in [6, 6.07) is 0.178. The van der Waals surface area contributed by atoms with Crippen LogP contribution in [0.3, 0.4) is 0 Å². The van der Waals surface area contributed by atoms with Gasteiger partial charge < -0.3 is 10.5 Å². The average Bonchev–Trinajstić information content (AvgIpc) is 2.30. The van der Waals surface area contributed by atoms with E-state index in [9.17, 15) is 0 Å². The first kappa shape index (κ1) is 14.0. The molecule has 0 aromatic heterocycles. The van der Waals surface area contributed by atoms with Gasteiger partial charge in [0.15, 0.2) is 0 Å². The molecule has 2 N–H and O–H groups in total. The zero-order chi connectivity index (χ0) is 12.3. The Labute approximate surface area is 101 Å². The summed E-state index contributed by atoms with van der Waals surface area (Å²) in [5, 5.41) is 0. The van der Waals surface area contributed by atoms with E-state index in [1.54, 1.807) is 7.11 Å². The summed E-state index contributed by atoms with van der Waals surface area (Å²) >= 11 is 0. The normalized spacial score (nSPS) is 36.8. The van der Waals surface area contributed by atoms with Gasteiger partial charge in [-0.15, -0.1) is 0 Å². The molecule has 1 aliphatic carbocycles. The van der Waals surface area contributed by atoms with Crippen LogP contribution in [0.4, 0.5) is 0 Å². The summed E-state index contributed by atoms with van der Waals surface area (Å²) < 4.78 is 5.64. The molecule has 0 aromatic carbocycles. The molecular weight excluding hydrogens is 198 g/mol. The van der Waals surface area contributed by atoms with E-state index in [1.165, 1.54) is 19.3 Å². The Hall–Kier alpha value is -0.0800. The first-order valence-electron chi connectivity index (χ1n) is 6.75.